The summed E-state index contributed by atoms with van der Waals surface area (Å²) in [5.41, 5.74) is 2.03. The van der Waals surface area contributed by atoms with Gasteiger partial charge < -0.3 is 20.4 Å². The lowest BCUT2D eigenvalue weighted by atomic mass is 9.79. The molecule has 3 N–H and O–H groups in total. The van der Waals surface area contributed by atoms with Crippen LogP contribution in [-0.4, -0.2) is 49.2 Å². The van der Waals surface area contributed by atoms with Gasteiger partial charge in [-0.3, -0.25) is 4.79 Å². The number of H-pyrrole nitrogens is 1. The number of halogens is 2. The second-order valence-electron chi connectivity index (χ2n) is 6.66. The van der Waals surface area contributed by atoms with Crippen molar-refractivity contribution in [2.45, 2.75) is 25.7 Å². The Morgan fingerprint density at radius 1 is 1.27 bits per heavy atom. The molecule has 1 amide bonds. The van der Waals surface area contributed by atoms with Gasteiger partial charge in [0.05, 0.1) is 17.6 Å². The smallest absolute Gasteiger partial charge is 0.220 e. The summed E-state index contributed by atoms with van der Waals surface area (Å²) in [6.07, 6.45) is 3.13. The van der Waals surface area contributed by atoms with Crippen molar-refractivity contribution >= 4 is 41.8 Å². The van der Waals surface area contributed by atoms with Crippen LogP contribution in [0.5, 0.6) is 0 Å². The number of carbonyl (C=O) groups excluding carboxylic acids is 1. The summed E-state index contributed by atoms with van der Waals surface area (Å²) >= 11 is 0. The quantitative estimate of drug-likeness (QED) is 0.664. The van der Waals surface area contributed by atoms with E-state index in [0.29, 0.717) is 26.0 Å². The maximum Gasteiger partial charge on any atom is 0.220 e. The summed E-state index contributed by atoms with van der Waals surface area (Å²) in [4.78, 5) is 20.0. The van der Waals surface area contributed by atoms with Gasteiger partial charge in [0.25, 0.3) is 0 Å². The molecule has 0 aliphatic carbocycles. The Morgan fingerprint density at radius 2 is 2.00 bits per heavy atom. The van der Waals surface area contributed by atoms with E-state index in [0.717, 1.165) is 42.8 Å². The van der Waals surface area contributed by atoms with Crippen LogP contribution < -0.4 is 10.6 Å². The number of piperidine rings is 1. The topological polar surface area (TPSA) is 79.0 Å². The fourth-order valence-corrected chi connectivity index (χ4v) is 3.37. The number of amides is 1. The minimum Gasteiger partial charge on any atom is -0.384 e. The molecule has 1 fully saturated rings. The average Bonchev–Trinajstić information content (AvgIpc) is 3.02. The number of carbonyl (C=O) groups is 1. The number of nitrogens with one attached hydrogen (secondary N) is 3. The summed E-state index contributed by atoms with van der Waals surface area (Å²) in [6.45, 7) is 3.34. The van der Waals surface area contributed by atoms with Crippen molar-refractivity contribution in [2.75, 3.05) is 33.4 Å². The Hall–Kier alpha value is -1.34. The summed E-state index contributed by atoms with van der Waals surface area (Å²) in [5, 5.41) is 6.46. The highest BCUT2D eigenvalue weighted by Crippen LogP contribution is 2.28. The lowest BCUT2D eigenvalue weighted by Crippen LogP contribution is -2.47. The molecule has 1 aromatic heterocycles. The number of rotatable bonds is 7. The molecule has 1 aliphatic heterocycles. The predicted octanol–water partition coefficient (Wildman–Crippen LogP) is 2.47. The number of para-hydroxylation sites is 2. The van der Waals surface area contributed by atoms with Crippen LogP contribution in [0.4, 0.5) is 0 Å². The first-order valence-corrected chi connectivity index (χ1v) is 8.61. The fraction of sp³-hybridized carbons (Fsp3) is 0.556. The number of hydrogen-bond acceptors (Lipinski definition) is 4. The molecule has 8 heteroatoms. The molecule has 1 saturated heterocycles. The maximum absolute atomic E-state index is 12.2. The Balaban J connectivity index is 0.00000169. The zero-order chi connectivity index (χ0) is 16.8. The van der Waals surface area contributed by atoms with Gasteiger partial charge in [-0.2, -0.15) is 0 Å². The molecule has 1 aromatic carbocycles. The number of imidazole rings is 1. The van der Waals surface area contributed by atoms with Crippen molar-refractivity contribution in [3.8, 4) is 0 Å². The summed E-state index contributed by atoms with van der Waals surface area (Å²) in [7, 11) is 1.73. The SMILES string of the molecule is COCC1(CNC(=O)CCc2nc3ccccc3[nH]2)CCNCC1.Cl.Cl. The molecule has 2 aromatic rings. The van der Waals surface area contributed by atoms with Crippen LogP contribution in [0, 0.1) is 5.41 Å². The standard InChI is InChI=1S/C18H26N4O2.2ClH/c1-24-13-18(8-10-19-11-9-18)12-20-17(23)7-6-16-21-14-4-2-3-5-15(14)22-16;;/h2-5,19H,6-13H2,1H3,(H,20,23)(H,21,22);2*1H. The molecule has 0 spiro atoms. The van der Waals surface area contributed by atoms with E-state index in [2.05, 4.69) is 20.6 Å². The van der Waals surface area contributed by atoms with Crippen molar-refractivity contribution in [1.82, 2.24) is 20.6 Å². The zero-order valence-corrected chi connectivity index (χ0v) is 16.7. The molecule has 3 rings (SSSR count). The highest BCUT2D eigenvalue weighted by atomic mass is 35.5. The number of hydrogen-bond donors (Lipinski definition) is 3. The van der Waals surface area contributed by atoms with E-state index >= 15 is 0 Å². The molecule has 2 heterocycles. The van der Waals surface area contributed by atoms with Gasteiger partial charge in [-0.25, -0.2) is 4.98 Å². The normalized spacial score (nSPS) is 15.7. The van der Waals surface area contributed by atoms with E-state index in [1.165, 1.54) is 0 Å². The van der Waals surface area contributed by atoms with E-state index < -0.39 is 0 Å². The highest BCUT2D eigenvalue weighted by Gasteiger charge is 2.32. The Morgan fingerprint density at radius 3 is 2.69 bits per heavy atom. The largest absolute Gasteiger partial charge is 0.384 e. The molecule has 0 radical (unpaired) electrons. The first-order valence-electron chi connectivity index (χ1n) is 8.61. The van der Waals surface area contributed by atoms with E-state index in [1.807, 2.05) is 24.3 Å². The average molecular weight is 403 g/mol. The number of methoxy groups -OCH3 is 1. The van der Waals surface area contributed by atoms with Crippen molar-refractivity contribution in [2.24, 2.45) is 5.41 Å². The summed E-state index contributed by atoms with van der Waals surface area (Å²) < 4.78 is 5.39. The van der Waals surface area contributed by atoms with Crippen LogP contribution in [0.3, 0.4) is 0 Å². The van der Waals surface area contributed by atoms with Crippen LogP contribution in [0.25, 0.3) is 11.0 Å². The predicted molar refractivity (Wildman–Crippen MR) is 108 cm³/mol. The van der Waals surface area contributed by atoms with Gasteiger partial charge in [-0.1, -0.05) is 12.1 Å². The van der Waals surface area contributed by atoms with Gasteiger partial charge >= 0.3 is 0 Å². The van der Waals surface area contributed by atoms with Gasteiger partial charge in [0, 0.05) is 31.9 Å². The van der Waals surface area contributed by atoms with Crippen LogP contribution in [0.2, 0.25) is 0 Å². The Bertz CT molecular complexity index is 648. The number of aromatic nitrogens is 2. The number of benzene rings is 1. The van der Waals surface area contributed by atoms with Crippen LogP contribution in [0.1, 0.15) is 25.1 Å². The summed E-state index contributed by atoms with van der Waals surface area (Å²) in [5.74, 6) is 0.935. The molecule has 0 bridgehead atoms. The number of aryl methyl sites for hydroxylation is 1. The molecule has 0 atom stereocenters. The van der Waals surface area contributed by atoms with Crippen molar-refractivity contribution in [3.05, 3.63) is 30.1 Å². The molecule has 6 nitrogen and oxygen atoms in total. The maximum atomic E-state index is 12.2. The fourth-order valence-electron chi connectivity index (χ4n) is 3.37. The van der Waals surface area contributed by atoms with Crippen molar-refractivity contribution in [1.29, 1.82) is 0 Å². The van der Waals surface area contributed by atoms with Gasteiger partial charge in [-0.05, 0) is 38.1 Å². The molecule has 26 heavy (non-hydrogen) atoms. The van der Waals surface area contributed by atoms with Gasteiger partial charge in [0.2, 0.25) is 5.91 Å². The molecule has 0 unspecified atom stereocenters. The van der Waals surface area contributed by atoms with Crippen LogP contribution in [-0.2, 0) is 16.0 Å². The van der Waals surface area contributed by atoms with E-state index in [1.54, 1.807) is 7.11 Å². The van der Waals surface area contributed by atoms with Crippen LogP contribution >= 0.6 is 24.8 Å². The minimum absolute atomic E-state index is 0. The summed E-state index contributed by atoms with van der Waals surface area (Å²) in [6, 6.07) is 7.91. The number of nitrogens with zero attached hydrogens (tertiary/aromatic N) is 1. The first kappa shape index (κ1) is 22.7. The second-order valence-corrected chi connectivity index (χ2v) is 6.66. The molecule has 0 saturated carbocycles. The third-order valence-corrected chi connectivity index (χ3v) is 4.80. The Labute approximate surface area is 166 Å². The van der Waals surface area contributed by atoms with Gasteiger partial charge in [0.15, 0.2) is 0 Å². The van der Waals surface area contributed by atoms with E-state index in [4.69, 9.17) is 4.74 Å². The third-order valence-electron chi connectivity index (χ3n) is 4.80. The zero-order valence-electron chi connectivity index (χ0n) is 15.0. The number of ether oxygens (including phenoxy) is 1. The van der Waals surface area contributed by atoms with Gasteiger partial charge in [-0.15, -0.1) is 24.8 Å². The number of aromatic amines is 1. The minimum atomic E-state index is 0. The molecule has 146 valence electrons. The lowest BCUT2D eigenvalue weighted by molar-refractivity contribution is -0.122. The van der Waals surface area contributed by atoms with Crippen LogP contribution in [0.15, 0.2) is 24.3 Å². The Kier molecular flexibility index (Phi) is 9.36. The van der Waals surface area contributed by atoms with E-state index in [-0.39, 0.29) is 36.1 Å². The molecular formula is C18H28Cl2N4O2. The van der Waals surface area contributed by atoms with E-state index in [9.17, 15) is 4.79 Å². The molecule has 1 aliphatic rings. The second kappa shape index (κ2) is 10.7. The lowest BCUT2D eigenvalue weighted by Gasteiger charge is -2.37. The first-order chi connectivity index (χ1) is 11.7. The molecular weight excluding hydrogens is 375 g/mol. The highest BCUT2D eigenvalue weighted by molar-refractivity contribution is 5.85. The van der Waals surface area contributed by atoms with Crippen molar-refractivity contribution < 1.29 is 9.53 Å². The monoisotopic (exact) mass is 402 g/mol. The number of fused-ring (bicyclic) bond motifs is 1. The van der Waals surface area contributed by atoms with Gasteiger partial charge in [0.1, 0.15) is 5.82 Å². The third kappa shape index (κ3) is 5.84. The van der Waals surface area contributed by atoms with Crippen molar-refractivity contribution in [3.63, 3.8) is 0 Å².